The number of carbonyl (C=O) groups excluding carboxylic acids is 2. The molecule has 0 aliphatic heterocycles. The average molecular weight is 885 g/mol. The third-order valence-electron chi connectivity index (χ3n) is 9.86. The molecule has 2 aliphatic carbocycles. The Hall–Kier alpha value is -6.24. The molecule has 4 aromatic rings. The standard InChI is InChI=1S/C36H24F8N6O8S2/c37-25-13-17(9-11-23(25)33(59(53,54)55)15-27(49-45)29(47-31(51)35(39,40)41)19-5-1-3-7-21(19)33)18-10-12-24(26(38)14-18)34(60(56,57)58)16-28(50-46)30(48-32(52)36(42,43)44)20-6-2-4-8-22(20)34/h1-14H,15-16,45-46H2,(H,53,54,55)(H,56,57,58)/b47-29?,48-30?,49-27-,50-28+. The lowest BCUT2D eigenvalue weighted by Crippen LogP contribution is -2.47. The van der Waals surface area contributed by atoms with E-state index < -0.39 is 135 Å². The number of fused-ring (bicyclic) bond motifs is 2. The first-order valence-corrected chi connectivity index (χ1v) is 19.4. The Morgan fingerprint density at radius 1 is 0.567 bits per heavy atom. The number of hydrogen-bond acceptors (Lipinski definition) is 10. The van der Waals surface area contributed by atoms with Crippen LogP contribution in [0, 0.1) is 11.6 Å². The van der Waals surface area contributed by atoms with Crippen molar-refractivity contribution >= 4 is 54.9 Å². The zero-order valence-corrected chi connectivity index (χ0v) is 31.3. The SMILES string of the molecule is N/N=C1/CC(c2ccc(-c3ccc(C4(S(=O)(=O)O)C/C(=N\N)C(=NC(=O)C(F)(F)F)c5ccccc54)c(F)c3)cc2F)(S(=O)(=O)O)c2ccccc2C1=NC(=O)C(F)(F)F. The quantitative estimate of drug-likeness (QED) is 0.0896. The highest BCUT2D eigenvalue weighted by molar-refractivity contribution is 7.87. The highest BCUT2D eigenvalue weighted by Crippen LogP contribution is 2.49. The van der Waals surface area contributed by atoms with E-state index in [9.17, 15) is 61.9 Å². The van der Waals surface area contributed by atoms with Crippen LogP contribution in [0.4, 0.5) is 35.1 Å². The molecule has 0 aromatic heterocycles. The van der Waals surface area contributed by atoms with Crippen molar-refractivity contribution in [2.45, 2.75) is 34.7 Å². The third kappa shape index (κ3) is 7.03. The average Bonchev–Trinajstić information content (AvgIpc) is 3.16. The van der Waals surface area contributed by atoms with E-state index >= 15 is 8.78 Å². The summed E-state index contributed by atoms with van der Waals surface area (Å²) in [4.78, 5) is 29.8. The Kier molecular flexibility index (Phi) is 10.7. The predicted molar refractivity (Wildman–Crippen MR) is 197 cm³/mol. The monoisotopic (exact) mass is 884 g/mol. The molecule has 6 N–H and O–H groups in total. The number of halogens is 8. The Balaban J connectivity index is 1.51. The lowest BCUT2D eigenvalue weighted by molar-refractivity contribution is -0.169. The third-order valence-corrected chi connectivity index (χ3v) is 12.8. The summed E-state index contributed by atoms with van der Waals surface area (Å²) in [6, 6.07) is 14.0. The maximum atomic E-state index is 16.4. The highest BCUT2D eigenvalue weighted by atomic mass is 32.2. The van der Waals surface area contributed by atoms with Gasteiger partial charge in [0.25, 0.3) is 20.2 Å². The van der Waals surface area contributed by atoms with E-state index in [4.69, 9.17) is 11.7 Å². The minimum atomic E-state index is -5.55. The van der Waals surface area contributed by atoms with E-state index in [1.807, 2.05) is 0 Å². The number of nitrogens with zero attached hydrogens (tertiary/aromatic N) is 4. The molecule has 6 rings (SSSR count). The van der Waals surface area contributed by atoms with Gasteiger partial charge in [-0.15, -0.1) is 0 Å². The van der Waals surface area contributed by atoms with E-state index in [-0.39, 0.29) is 11.1 Å². The van der Waals surface area contributed by atoms with Crippen LogP contribution in [0.3, 0.4) is 0 Å². The summed E-state index contributed by atoms with van der Waals surface area (Å²) in [5, 5.41) is 6.61. The second-order valence-corrected chi connectivity index (χ2v) is 16.4. The number of rotatable bonds is 5. The molecule has 24 heteroatoms. The number of hydrazone groups is 2. The fourth-order valence-electron chi connectivity index (χ4n) is 7.28. The fraction of sp³-hybridized carbons (Fsp3) is 0.167. The van der Waals surface area contributed by atoms with Crippen LogP contribution in [0.1, 0.15) is 46.2 Å². The van der Waals surface area contributed by atoms with Gasteiger partial charge in [-0.3, -0.25) is 18.7 Å². The van der Waals surface area contributed by atoms with Crippen molar-refractivity contribution in [1.82, 2.24) is 0 Å². The van der Waals surface area contributed by atoms with Crippen molar-refractivity contribution in [2.75, 3.05) is 0 Å². The van der Waals surface area contributed by atoms with Crippen LogP contribution >= 0.6 is 0 Å². The van der Waals surface area contributed by atoms with Gasteiger partial charge in [-0.25, -0.2) is 18.8 Å². The molecular formula is C36H24F8N6O8S2. The van der Waals surface area contributed by atoms with Gasteiger partial charge in [0.15, 0.2) is 9.49 Å². The van der Waals surface area contributed by atoms with Crippen LogP contribution in [-0.4, -0.2) is 73.0 Å². The smallest absolute Gasteiger partial charge is 0.323 e. The van der Waals surface area contributed by atoms with Gasteiger partial charge in [0.1, 0.15) is 11.6 Å². The van der Waals surface area contributed by atoms with Gasteiger partial charge in [0.2, 0.25) is 0 Å². The molecule has 314 valence electrons. The largest absolute Gasteiger partial charge is 0.473 e. The molecule has 2 aliphatic rings. The number of benzene rings is 4. The molecule has 0 fully saturated rings. The van der Waals surface area contributed by atoms with Crippen molar-refractivity contribution in [2.24, 2.45) is 31.9 Å². The van der Waals surface area contributed by atoms with Crippen molar-refractivity contribution in [1.29, 1.82) is 0 Å². The molecule has 14 nitrogen and oxygen atoms in total. The topological polar surface area (TPSA) is 244 Å². The summed E-state index contributed by atoms with van der Waals surface area (Å²) >= 11 is 0. The molecule has 0 radical (unpaired) electrons. The van der Waals surface area contributed by atoms with Crippen molar-refractivity contribution < 1.29 is 70.7 Å². The fourth-order valence-corrected chi connectivity index (χ4v) is 9.72. The normalized spacial score (nSPS) is 22.5. The highest BCUT2D eigenvalue weighted by Gasteiger charge is 2.56. The van der Waals surface area contributed by atoms with Gasteiger partial charge in [-0.05, 0) is 34.4 Å². The Labute approximate surface area is 332 Å². The van der Waals surface area contributed by atoms with E-state index in [0.717, 1.165) is 48.5 Å². The molecule has 60 heavy (non-hydrogen) atoms. The molecule has 4 aromatic carbocycles. The maximum Gasteiger partial charge on any atom is 0.473 e. The predicted octanol–water partition coefficient (Wildman–Crippen LogP) is 5.09. The summed E-state index contributed by atoms with van der Waals surface area (Å²) in [5.41, 5.74) is -7.27. The molecule has 2 amide bonds. The van der Waals surface area contributed by atoms with Crippen LogP contribution in [0.15, 0.2) is 105 Å². The number of nitrogens with two attached hydrogens (primary N) is 2. The second kappa shape index (κ2) is 14.8. The Bertz CT molecular complexity index is 2670. The van der Waals surface area contributed by atoms with Crippen molar-refractivity contribution in [3.63, 3.8) is 0 Å². The molecule has 0 saturated heterocycles. The van der Waals surface area contributed by atoms with E-state index in [2.05, 4.69) is 20.2 Å². The molecule has 0 heterocycles. The number of alkyl halides is 6. The van der Waals surface area contributed by atoms with Gasteiger partial charge in [0.05, 0.1) is 22.8 Å². The van der Waals surface area contributed by atoms with Gasteiger partial charge in [-0.2, -0.15) is 53.4 Å². The Morgan fingerprint density at radius 2 is 0.900 bits per heavy atom. The lowest BCUT2D eigenvalue weighted by atomic mass is 9.75. The zero-order chi connectivity index (χ0) is 44.4. The van der Waals surface area contributed by atoms with E-state index in [1.165, 1.54) is 24.3 Å². The van der Waals surface area contributed by atoms with Crippen LogP contribution in [0.5, 0.6) is 0 Å². The molecule has 2 unspecified atom stereocenters. The molecule has 0 bridgehead atoms. The minimum absolute atomic E-state index is 0.226. The zero-order valence-electron chi connectivity index (χ0n) is 29.6. The van der Waals surface area contributed by atoms with Crippen LogP contribution < -0.4 is 11.7 Å². The van der Waals surface area contributed by atoms with Crippen LogP contribution in [0.25, 0.3) is 11.1 Å². The molecule has 0 saturated carbocycles. The van der Waals surface area contributed by atoms with Crippen LogP contribution in [-0.2, 0) is 39.3 Å². The van der Waals surface area contributed by atoms with Gasteiger partial charge in [-0.1, -0.05) is 72.8 Å². The van der Waals surface area contributed by atoms with E-state index in [1.54, 1.807) is 0 Å². The first kappa shape index (κ1) is 43.3. The van der Waals surface area contributed by atoms with Crippen LogP contribution in [0.2, 0.25) is 0 Å². The lowest BCUT2D eigenvalue weighted by Gasteiger charge is -2.38. The first-order chi connectivity index (χ1) is 27.8. The number of carbonyl (C=O) groups is 2. The molecule has 2 atom stereocenters. The number of aliphatic imine (C=N–C) groups is 2. The van der Waals surface area contributed by atoms with Gasteiger partial charge >= 0.3 is 24.2 Å². The molecule has 0 spiro atoms. The van der Waals surface area contributed by atoms with Gasteiger partial charge < -0.3 is 11.7 Å². The van der Waals surface area contributed by atoms with Crippen molar-refractivity contribution in [3.05, 3.63) is 130 Å². The summed E-state index contributed by atoms with van der Waals surface area (Å²) in [5.74, 6) is 2.76. The molecular weight excluding hydrogens is 861 g/mol. The summed E-state index contributed by atoms with van der Waals surface area (Å²) in [6.07, 6.45) is -13.2. The summed E-state index contributed by atoms with van der Waals surface area (Å²) in [7, 11) is -11.1. The summed E-state index contributed by atoms with van der Waals surface area (Å²) < 4.78 is 181. The van der Waals surface area contributed by atoms with E-state index in [0.29, 0.717) is 12.1 Å². The van der Waals surface area contributed by atoms with Gasteiger partial charge in [0, 0.05) is 35.1 Å². The first-order valence-electron chi connectivity index (χ1n) is 16.5. The second-order valence-electron chi connectivity index (χ2n) is 13.1. The Morgan fingerprint density at radius 3 is 1.18 bits per heavy atom. The number of amides is 2. The number of hydrogen-bond donors (Lipinski definition) is 4. The van der Waals surface area contributed by atoms with Crippen molar-refractivity contribution in [3.8, 4) is 11.1 Å². The minimum Gasteiger partial charge on any atom is -0.323 e. The maximum absolute atomic E-state index is 16.4. The summed E-state index contributed by atoms with van der Waals surface area (Å²) in [6.45, 7) is 0.